The Morgan fingerprint density at radius 1 is 1.26 bits per heavy atom. The van der Waals surface area contributed by atoms with Crippen molar-refractivity contribution >= 4 is 27.7 Å². The van der Waals surface area contributed by atoms with Crippen molar-refractivity contribution in [2.45, 2.75) is 11.8 Å². The molecule has 1 heterocycles. The van der Waals surface area contributed by atoms with Crippen LogP contribution in [0.2, 0.25) is 5.02 Å². The maximum atomic E-state index is 12.7. The maximum absolute atomic E-state index is 12.7. The van der Waals surface area contributed by atoms with Gasteiger partial charge in [0.2, 0.25) is 10.0 Å². The van der Waals surface area contributed by atoms with Gasteiger partial charge in [-0.1, -0.05) is 11.6 Å². The summed E-state index contributed by atoms with van der Waals surface area (Å²) in [6.07, 6.45) is -0.424. The summed E-state index contributed by atoms with van der Waals surface area (Å²) >= 11 is 6.06. The summed E-state index contributed by atoms with van der Waals surface area (Å²) < 4.78 is 36.6. The number of hydrogen-bond acceptors (Lipinski definition) is 5. The highest BCUT2D eigenvalue weighted by molar-refractivity contribution is 7.89. The molecule has 0 spiro atoms. The molecule has 1 saturated heterocycles. The van der Waals surface area contributed by atoms with Crippen LogP contribution >= 0.6 is 11.6 Å². The van der Waals surface area contributed by atoms with Crippen LogP contribution in [0.15, 0.2) is 23.1 Å². The van der Waals surface area contributed by atoms with Crippen molar-refractivity contribution < 1.29 is 22.7 Å². The molecule has 0 bridgehead atoms. The van der Waals surface area contributed by atoms with Crippen molar-refractivity contribution in [1.29, 1.82) is 0 Å². The molecule has 0 aromatic heterocycles. The van der Waals surface area contributed by atoms with Crippen LogP contribution in [0.3, 0.4) is 0 Å². The van der Waals surface area contributed by atoms with Crippen LogP contribution in [0.5, 0.6) is 5.75 Å². The second-order valence-electron chi connectivity index (χ2n) is 4.89. The van der Waals surface area contributed by atoms with E-state index in [1.807, 2.05) is 0 Å². The number of nitrogens with zero attached hydrogens (tertiary/aromatic N) is 2. The Balaban J connectivity index is 2.12. The third-order valence-corrected chi connectivity index (χ3v) is 5.90. The molecule has 1 aromatic rings. The Bertz CT molecular complexity index is 672. The number of ether oxygens (including phenoxy) is 2. The molecule has 7 nitrogen and oxygen atoms in total. The zero-order chi connectivity index (χ0) is 17.0. The van der Waals surface area contributed by atoms with Gasteiger partial charge in [0.15, 0.2) is 0 Å². The predicted molar refractivity (Wildman–Crippen MR) is 85.4 cm³/mol. The van der Waals surface area contributed by atoms with E-state index < -0.39 is 16.1 Å². The van der Waals surface area contributed by atoms with Gasteiger partial charge in [0, 0.05) is 32.2 Å². The highest BCUT2D eigenvalue weighted by Gasteiger charge is 2.31. The summed E-state index contributed by atoms with van der Waals surface area (Å²) in [5.41, 5.74) is 0. The van der Waals surface area contributed by atoms with E-state index in [2.05, 4.69) is 0 Å². The van der Waals surface area contributed by atoms with Crippen LogP contribution in [-0.2, 0) is 14.8 Å². The van der Waals surface area contributed by atoms with Gasteiger partial charge in [0.1, 0.15) is 10.6 Å². The van der Waals surface area contributed by atoms with Gasteiger partial charge >= 0.3 is 6.09 Å². The lowest BCUT2D eigenvalue weighted by atomic mass is 10.3. The lowest BCUT2D eigenvalue weighted by Gasteiger charge is -2.33. The van der Waals surface area contributed by atoms with Gasteiger partial charge in [-0.2, -0.15) is 4.31 Å². The zero-order valence-corrected chi connectivity index (χ0v) is 14.6. The van der Waals surface area contributed by atoms with Crippen molar-refractivity contribution in [1.82, 2.24) is 9.21 Å². The summed E-state index contributed by atoms with van der Waals surface area (Å²) in [7, 11) is -2.23. The van der Waals surface area contributed by atoms with E-state index in [0.717, 1.165) is 0 Å². The minimum atomic E-state index is -3.71. The van der Waals surface area contributed by atoms with Gasteiger partial charge in [-0.05, 0) is 19.1 Å². The average Bonchev–Trinajstić information content (AvgIpc) is 2.54. The average molecular weight is 363 g/mol. The summed E-state index contributed by atoms with van der Waals surface area (Å²) in [4.78, 5) is 13.2. The zero-order valence-electron chi connectivity index (χ0n) is 13.0. The van der Waals surface area contributed by atoms with Crippen LogP contribution in [0.1, 0.15) is 6.92 Å². The van der Waals surface area contributed by atoms with Crippen molar-refractivity contribution in [2.24, 2.45) is 0 Å². The first kappa shape index (κ1) is 17.8. The molecular weight excluding hydrogens is 344 g/mol. The van der Waals surface area contributed by atoms with Crippen LogP contribution in [-0.4, -0.2) is 63.6 Å². The number of carbonyl (C=O) groups excluding carboxylic acids is 1. The molecule has 128 valence electrons. The number of amides is 1. The van der Waals surface area contributed by atoms with Crippen LogP contribution < -0.4 is 4.74 Å². The van der Waals surface area contributed by atoms with Gasteiger partial charge in [-0.3, -0.25) is 0 Å². The standard InChI is InChI=1S/C14H19ClN2O5S/c1-3-22-14(18)16-6-8-17(9-7-16)23(19,20)13-5-4-11(21-2)10-12(13)15/h4-5,10H,3,6-9H2,1-2H3. The van der Waals surface area contributed by atoms with Gasteiger partial charge in [0.05, 0.1) is 18.7 Å². The van der Waals surface area contributed by atoms with Crippen molar-refractivity contribution in [3.05, 3.63) is 23.2 Å². The first-order chi connectivity index (χ1) is 10.9. The predicted octanol–water partition coefficient (Wildman–Crippen LogP) is 1.81. The number of methoxy groups -OCH3 is 1. The quantitative estimate of drug-likeness (QED) is 0.816. The van der Waals surface area contributed by atoms with E-state index in [1.54, 1.807) is 13.0 Å². The smallest absolute Gasteiger partial charge is 0.409 e. The van der Waals surface area contributed by atoms with Crippen molar-refractivity contribution in [3.8, 4) is 5.75 Å². The molecule has 1 aliphatic rings. The Labute approximate surface area is 140 Å². The highest BCUT2D eigenvalue weighted by Crippen LogP contribution is 2.29. The second kappa shape index (κ2) is 7.37. The minimum absolute atomic E-state index is 0.0320. The Morgan fingerprint density at radius 2 is 1.91 bits per heavy atom. The fraction of sp³-hybridized carbons (Fsp3) is 0.500. The molecule has 0 radical (unpaired) electrons. The Morgan fingerprint density at radius 3 is 2.43 bits per heavy atom. The summed E-state index contributed by atoms with van der Waals surface area (Å²) in [6, 6.07) is 4.44. The van der Waals surface area contributed by atoms with Crippen LogP contribution in [0, 0.1) is 0 Å². The number of rotatable bonds is 4. The van der Waals surface area contributed by atoms with E-state index in [9.17, 15) is 13.2 Å². The Kier molecular flexibility index (Phi) is 5.72. The lowest BCUT2D eigenvalue weighted by Crippen LogP contribution is -2.50. The molecule has 0 saturated carbocycles. The first-order valence-electron chi connectivity index (χ1n) is 7.15. The van der Waals surface area contributed by atoms with E-state index in [0.29, 0.717) is 12.4 Å². The maximum Gasteiger partial charge on any atom is 0.409 e. The third kappa shape index (κ3) is 3.88. The molecule has 9 heteroatoms. The largest absolute Gasteiger partial charge is 0.497 e. The van der Waals surface area contributed by atoms with Gasteiger partial charge < -0.3 is 14.4 Å². The van der Waals surface area contributed by atoms with Gasteiger partial charge in [-0.15, -0.1) is 0 Å². The molecule has 1 aromatic carbocycles. The molecule has 23 heavy (non-hydrogen) atoms. The molecule has 1 fully saturated rings. The number of benzene rings is 1. The monoisotopic (exact) mass is 362 g/mol. The topological polar surface area (TPSA) is 76.2 Å². The van der Waals surface area contributed by atoms with Gasteiger partial charge in [-0.25, -0.2) is 13.2 Å². The van der Waals surface area contributed by atoms with E-state index in [-0.39, 0.29) is 36.1 Å². The molecule has 0 unspecified atom stereocenters. The fourth-order valence-electron chi connectivity index (χ4n) is 2.28. The van der Waals surface area contributed by atoms with Crippen LogP contribution in [0.4, 0.5) is 4.79 Å². The minimum Gasteiger partial charge on any atom is -0.497 e. The van der Waals surface area contributed by atoms with E-state index in [1.165, 1.54) is 28.4 Å². The first-order valence-corrected chi connectivity index (χ1v) is 8.97. The second-order valence-corrected chi connectivity index (χ2v) is 7.20. The molecule has 0 atom stereocenters. The number of piperazine rings is 1. The lowest BCUT2D eigenvalue weighted by molar-refractivity contribution is 0.0934. The molecule has 1 amide bonds. The SMILES string of the molecule is CCOC(=O)N1CCN(S(=O)(=O)c2ccc(OC)cc2Cl)CC1. The van der Waals surface area contributed by atoms with Crippen molar-refractivity contribution in [2.75, 3.05) is 39.9 Å². The number of sulfonamides is 1. The van der Waals surface area contributed by atoms with Crippen LogP contribution in [0.25, 0.3) is 0 Å². The molecular formula is C14H19ClN2O5S. The van der Waals surface area contributed by atoms with E-state index in [4.69, 9.17) is 21.1 Å². The Hall–Kier alpha value is -1.51. The summed E-state index contributed by atoms with van der Waals surface area (Å²) in [5, 5.41) is 0.108. The molecule has 0 aliphatic carbocycles. The molecule has 0 N–H and O–H groups in total. The summed E-state index contributed by atoms with van der Waals surface area (Å²) in [6.45, 7) is 2.98. The number of carbonyl (C=O) groups is 1. The normalized spacial score (nSPS) is 16.2. The summed E-state index contributed by atoms with van der Waals surface area (Å²) in [5.74, 6) is 0.487. The fourth-order valence-corrected chi connectivity index (χ4v) is 4.21. The van der Waals surface area contributed by atoms with Gasteiger partial charge in [0.25, 0.3) is 0 Å². The highest BCUT2D eigenvalue weighted by atomic mass is 35.5. The number of hydrogen-bond donors (Lipinski definition) is 0. The number of halogens is 1. The molecule has 1 aliphatic heterocycles. The third-order valence-electron chi connectivity index (χ3n) is 3.52. The van der Waals surface area contributed by atoms with Crippen molar-refractivity contribution in [3.63, 3.8) is 0 Å². The molecule has 2 rings (SSSR count). The van der Waals surface area contributed by atoms with E-state index >= 15 is 0 Å².